The molecule has 1 aromatic heterocycles. The van der Waals surface area contributed by atoms with Crippen LogP contribution >= 0.6 is 0 Å². The summed E-state index contributed by atoms with van der Waals surface area (Å²) in [5.41, 5.74) is 1.32. The molecule has 1 aliphatic carbocycles. The number of piperidine rings is 1. The monoisotopic (exact) mass is 262 g/mol. The van der Waals surface area contributed by atoms with Gasteiger partial charge >= 0.3 is 0 Å². The molecule has 3 heteroatoms. The van der Waals surface area contributed by atoms with Crippen LogP contribution in [0, 0.1) is 5.92 Å². The van der Waals surface area contributed by atoms with E-state index < -0.39 is 0 Å². The van der Waals surface area contributed by atoms with E-state index in [2.05, 4.69) is 16.3 Å². The first-order valence-electron chi connectivity index (χ1n) is 7.82. The van der Waals surface area contributed by atoms with Gasteiger partial charge in [-0.1, -0.05) is 12.8 Å². The van der Waals surface area contributed by atoms with E-state index in [0.29, 0.717) is 0 Å². The van der Waals surface area contributed by atoms with Crippen molar-refractivity contribution >= 4 is 0 Å². The fraction of sp³-hybridized carbons (Fsp3) is 0.750. The number of nitrogens with one attached hydrogen (secondary N) is 1. The van der Waals surface area contributed by atoms with Gasteiger partial charge in [0.15, 0.2) is 0 Å². The highest BCUT2D eigenvalue weighted by atomic mass is 16.3. The lowest BCUT2D eigenvalue weighted by Crippen LogP contribution is -2.46. The Hall–Kier alpha value is -0.800. The molecule has 19 heavy (non-hydrogen) atoms. The van der Waals surface area contributed by atoms with Crippen molar-refractivity contribution in [2.24, 2.45) is 5.92 Å². The largest absolute Gasteiger partial charge is 0.468 e. The summed E-state index contributed by atoms with van der Waals surface area (Å²) in [5.74, 6) is 2.12. The molecule has 1 saturated heterocycles. The summed E-state index contributed by atoms with van der Waals surface area (Å²) in [5, 5.41) is 3.23. The Bertz CT molecular complexity index is 399. The molecule has 1 aliphatic heterocycles. The first-order valence-corrected chi connectivity index (χ1v) is 7.82. The van der Waals surface area contributed by atoms with Gasteiger partial charge in [0, 0.05) is 18.2 Å². The minimum Gasteiger partial charge on any atom is -0.468 e. The molecular weight excluding hydrogens is 236 g/mol. The zero-order valence-corrected chi connectivity index (χ0v) is 12.0. The molecule has 1 saturated carbocycles. The van der Waals surface area contributed by atoms with Gasteiger partial charge in [-0.2, -0.15) is 0 Å². The molecule has 3 nitrogen and oxygen atoms in total. The average Bonchev–Trinajstić information content (AvgIpc) is 2.87. The van der Waals surface area contributed by atoms with Crippen LogP contribution in [0.2, 0.25) is 0 Å². The van der Waals surface area contributed by atoms with Gasteiger partial charge in [-0.25, -0.2) is 0 Å². The number of likely N-dealkylation sites (tertiary alicyclic amines) is 1. The highest BCUT2D eigenvalue weighted by Crippen LogP contribution is 2.36. The second-order valence-corrected chi connectivity index (χ2v) is 6.12. The van der Waals surface area contributed by atoms with Gasteiger partial charge in [0.25, 0.3) is 0 Å². The minimum atomic E-state index is 0.815. The summed E-state index contributed by atoms with van der Waals surface area (Å²) >= 11 is 0. The highest BCUT2D eigenvalue weighted by Gasteiger charge is 2.33. The third kappa shape index (κ3) is 2.87. The van der Waals surface area contributed by atoms with Crippen LogP contribution in [0.3, 0.4) is 0 Å². The third-order valence-corrected chi connectivity index (χ3v) is 4.91. The Morgan fingerprint density at radius 1 is 1.26 bits per heavy atom. The molecule has 1 aromatic rings. The summed E-state index contributed by atoms with van der Waals surface area (Å²) in [4.78, 5) is 2.69. The fourth-order valence-electron chi connectivity index (χ4n) is 3.96. The third-order valence-electron chi connectivity index (χ3n) is 4.91. The topological polar surface area (TPSA) is 28.4 Å². The van der Waals surface area contributed by atoms with Crippen LogP contribution in [0.4, 0.5) is 0 Å². The van der Waals surface area contributed by atoms with Crippen LogP contribution < -0.4 is 5.32 Å². The number of rotatable bonds is 4. The zero-order valence-electron chi connectivity index (χ0n) is 12.0. The van der Waals surface area contributed by atoms with Crippen molar-refractivity contribution in [2.45, 2.75) is 57.7 Å². The van der Waals surface area contributed by atoms with Crippen molar-refractivity contribution in [1.82, 2.24) is 10.2 Å². The summed E-state index contributed by atoms with van der Waals surface area (Å²) in [6.45, 7) is 3.17. The lowest BCUT2D eigenvalue weighted by atomic mass is 9.78. The molecule has 0 unspecified atom stereocenters. The number of furan rings is 1. The summed E-state index contributed by atoms with van der Waals surface area (Å²) < 4.78 is 5.72. The van der Waals surface area contributed by atoms with Crippen molar-refractivity contribution in [2.75, 3.05) is 13.6 Å². The van der Waals surface area contributed by atoms with E-state index in [9.17, 15) is 0 Å². The Morgan fingerprint density at radius 3 is 3.00 bits per heavy atom. The fourth-order valence-corrected chi connectivity index (χ4v) is 3.96. The Labute approximate surface area is 116 Å². The molecule has 106 valence electrons. The molecule has 3 rings (SSSR count). The van der Waals surface area contributed by atoms with Gasteiger partial charge in [-0.15, -0.1) is 0 Å². The molecule has 2 atom stereocenters. The average molecular weight is 262 g/mol. The van der Waals surface area contributed by atoms with Crippen molar-refractivity contribution in [3.63, 3.8) is 0 Å². The maximum Gasteiger partial charge on any atom is 0.122 e. The van der Waals surface area contributed by atoms with E-state index in [-0.39, 0.29) is 0 Å². The van der Waals surface area contributed by atoms with Gasteiger partial charge in [-0.3, -0.25) is 4.90 Å². The van der Waals surface area contributed by atoms with Crippen LogP contribution in [-0.2, 0) is 13.1 Å². The second kappa shape index (κ2) is 6.10. The minimum absolute atomic E-state index is 0.815. The predicted octanol–water partition coefficient (Wildman–Crippen LogP) is 3.15. The van der Waals surface area contributed by atoms with Crippen molar-refractivity contribution in [3.05, 3.63) is 23.7 Å². The molecule has 0 spiro atoms. The number of hydrogen-bond acceptors (Lipinski definition) is 3. The second-order valence-electron chi connectivity index (χ2n) is 6.12. The highest BCUT2D eigenvalue weighted by molar-refractivity contribution is 5.17. The predicted molar refractivity (Wildman–Crippen MR) is 76.9 cm³/mol. The van der Waals surface area contributed by atoms with E-state index in [4.69, 9.17) is 4.42 Å². The Balaban J connectivity index is 1.69. The molecule has 2 fully saturated rings. The smallest absolute Gasteiger partial charge is 0.122 e. The molecule has 2 aliphatic rings. The first-order chi connectivity index (χ1) is 9.38. The quantitative estimate of drug-likeness (QED) is 0.903. The Kier molecular flexibility index (Phi) is 4.24. The van der Waals surface area contributed by atoms with E-state index in [1.807, 2.05) is 13.3 Å². The lowest BCUT2D eigenvalue weighted by Gasteiger charge is -2.44. The molecule has 0 radical (unpaired) electrons. The van der Waals surface area contributed by atoms with Crippen molar-refractivity contribution in [1.29, 1.82) is 0 Å². The van der Waals surface area contributed by atoms with Crippen LogP contribution in [0.1, 0.15) is 49.8 Å². The van der Waals surface area contributed by atoms with E-state index in [1.54, 1.807) is 0 Å². The maximum atomic E-state index is 5.72. The standard InChI is InChI=1S/C16H26N2O/c1-17-11-14-8-10-19-16(14)12-18-9-4-6-13-5-2-3-7-15(13)18/h8,10,13,15,17H,2-7,9,11-12H2,1H3/t13-,15-/m1/s1. The molecule has 0 amide bonds. The van der Waals surface area contributed by atoms with Gasteiger partial charge in [0.1, 0.15) is 5.76 Å². The van der Waals surface area contributed by atoms with Crippen molar-refractivity contribution in [3.8, 4) is 0 Å². The normalized spacial score (nSPS) is 28.3. The van der Waals surface area contributed by atoms with Gasteiger partial charge < -0.3 is 9.73 Å². The molecule has 0 aromatic carbocycles. The van der Waals surface area contributed by atoms with Gasteiger partial charge in [-0.05, 0) is 51.3 Å². The number of fused-ring (bicyclic) bond motifs is 1. The number of hydrogen-bond donors (Lipinski definition) is 1. The van der Waals surface area contributed by atoms with E-state index >= 15 is 0 Å². The van der Waals surface area contributed by atoms with Crippen molar-refractivity contribution < 1.29 is 4.42 Å². The van der Waals surface area contributed by atoms with Crippen LogP contribution in [0.15, 0.2) is 16.7 Å². The molecular formula is C16H26N2O. The zero-order chi connectivity index (χ0) is 13.1. The maximum absolute atomic E-state index is 5.72. The van der Waals surface area contributed by atoms with Gasteiger partial charge in [0.2, 0.25) is 0 Å². The van der Waals surface area contributed by atoms with Crippen LogP contribution in [0.5, 0.6) is 0 Å². The van der Waals surface area contributed by atoms with E-state index in [1.165, 1.54) is 56.4 Å². The SMILES string of the molecule is CNCc1ccoc1CN1CCC[C@H]2CCCC[C@H]21. The molecule has 1 N–H and O–H groups in total. The van der Waals surface area contributed by atoms with Crippen LogP contribution in [0.25, 0.3) is 0 Å². The molecule has 2 heterocycles. The summed E-state index contributed by atoms with van der Waals surface area (Å²) in [6.07, 6.45) is 10.4. The van der Waals surface area contributed by atoms with Crippen LogP contribution in [-0.4, -0.2) is 24.5 Å². The first kappa shape index (κ1) is 13.2. The molecule has 0 bridgehead atoms. The van der Waals surface area contributed by atoms with E-state index in [0.717, 1.165) is 25.0 Å². The number of nitrogens with zero attached hydrogens (tertiary/aromatic N) is 1. The summed E-state index contributed by atoms with van der Waals surface area (Å²) in [7, 11) is 1.99. The summed E-state index contributed by atoms with van der Waals surface area (Å²) in [6, 6.07) is 2.92. The Morgan fingerprint density at radius 2 is 2.11 bits per heavy atom. The van der Waals surface area contributed by atoms with Gasteiger partial charge in [0.05, 0.1) is 12.8 Å². The lowest BCUT2D eigenvalue weighted by molar-refractivity contribution is 0.0492.